The molecule has 3 aliphatic rings. The van der Waals surface area contributed by atoms with Crippen LogP contribution >= 0.6 is 0 Å². The van der Waals surface area contributed by atoms with Gasteiger partial charge in [-0.15, -0.1) is 0 Å². The van der Waals surface area contributed by atoms with Crippen LogP contribution in [0.1, 0.15) is 69.7 Å². The van der Waals surface area contributed by atoms with Crippen LogP contribution in [-0.2, 0) is 21.2 Å². The highest BCUT2D eigenvalue weighted by atomic mass is 32.2. The van der Waals surface area contributed by atoms with E-state index in [4.69, 9.17) is 5.10 Å². The van der Waals surface area contributed by atoms with Crippen LogP contribution in [0.15, 0.2) is 18.2 Å². The molecule has 1 saturated heterocycles. The monoisotopic (exact) mass is 487 g/mol. The largest absolute Gasteiger partial charge is 0.481 e. The van der Waals surface area contributed by atoms with Crippen molar-refractivity contribution in [1.82, 2.24) is 14.1 Å². The standard InChI is InChI=1S/C26H37N3O4S/c1-16(2)21-12-25(21)34(32,33)28-14-19(11-18-6-4-5-7-18)24(15-28)29-23-10-17(3)8-9-20(23)22(27-29)13-26(30)31/h8-10,16,18-19,21,24-25H,4-7,11-15H2,1-3H3,(H,30,31)/t19-,21?,24+,25?/m1/s1. The summed E-state index contributed by atoms with van der Waals surface area (Å²) in [6, 6.07) is 5.94. The topological polar surface area (TPSA) is 92.5 Å². The third-order valence-corrected chi connectivity index (χ3v) is 10.8. The maximum absolute atomic E-state index is 13.6. The Morgan fingerprint density at radius 3 is 2.59 bits per heavy atom. The Labute approximate surface area is 202 Å². The number of aliphatic carboxylic acids is 1. The van der Waals surface area contributed by atoms with Crippen LogP contribution in [-0.4, -0.2) is 51.9 Å². The number of carboxylic acids is 1. The number of hydrogen-bond acceptors (Lipinski definition) is 4. The lowest BCUT2D eigenvalue weighted by Crippen LogP contribution is -2.33. The lowest BCUT2D eigenvalue weighted by Gasteiger charge is -2.22. The molecule has 2 heterocycles. The van der Waals surface area contributed by atoms with E-state index < -0.39 is 16.0 Å². The second kappa shape index (κ2) is 8.94. The zero-order valence-electron chi connectivity index (χ0n) is 20.5. The molecule has 0 amide bonds. The molecule has 2 aliphatic carbocycles. The smallest absolute Gasteiger partial charge is 0.309 e. The Hall–Kier alpha value is -1.93. The fraction of sp³-hybridized carbons (Fsp3) is 0.692. The van der Waals surface area contributed by atoms with Crippen LogP contribution in [0.5, 0.6) is 0 Å². The molecule has 2 aromatic rings. The normalized spacial score (nSPS) is 28.4. The van der Waals surface area contributed by atoms with Crippen molar-refractivity contribution in [2.24, 2.45) is 23.7 Å². The number of fused-ring (bicyclic) bond motifs is 1. The molecular formula is C26H37N3O4S. The van der Waals surface area contributed by atoms with Gasteiger partial charge in [0, 0.05) is 18.5 Å². The molecule has 1 aromatic heterocycles. The number of aryl methyl sites for hydroxylation is 1. The van der Waals surface area contributed by atoms with E-state index in [-0.39, 0.29) is 29.5 Å². The summed E-state index contributed by atoms with van der Waals surface area (Å²) in [6.45, 7) is 7.22. The van der Waals surface area contributed by atoms with Crippen molar-refractivity contribution in [2.45, 2.75) is 77.0 Å². The minimum Gasteiger partial charge on any atom is -0.481 e. The zero-order chi connectivity index (χ0) is 24.2. The maximum Gasteiger partial charge on any atom is 0.309 e. The molecule has 7 nitrogen and oxygen atoms in total. The van der Waals surface area contributed by atoms with Crippen LogP contribution in [0.4, 0.5) is 0 Å². The first-order chi connectivity index (χ1) is 16.1. The van der Waals surface area contributed by atoms with Gasteiger partial charge in [-0.2, -0.15) is 9.40 Å². The van der Waals surface area contributed by atoms with Gasteiger partial charge in [-0.25, -0.2) is 8.42 Å². The van der Waals surface area contributed by atoms with Crippen LogP contribution in [0.25, 0.3) is 10.9 Å². The Balaban J connectivity index is 1.51. The van der Waals surface area contributed by atoms with E-state index in [1.807, 2.05) is 23.7 Å². The quantitative estimate of drug-likeness (QED) is 0.596. The van der Waals surface area contributed by atoms with E-state index in [9.17, 15) is 18.3 Å². The van der Waals surface area contributed by atoms with Crippen molar-refractivity contribution in [3.63, 3.8) is 0 Å². The maximum atomic E-state index is 13.6. The van der Waals surface area contributed by atoms with Gasteiger partial charge < -0.3 is 5.11 Å². The molecule has 0 bridgehead atoms. The van der Waals surface area contributed by atoms with Crippen molar-refractivity contribution in [1.29, 1.82) is 0 Å². The molecule has 1 aromatic carbocycles. The Bertz CT molecular complexity index is 1180. The average molecular weight is 488 g/mol. The van der Waals surface area contributed by atoms with Crippen molar-refractivity contribution in [3.05, 3.63) is 29.5 Å². The molecule has 0 spiro atoms. The average Bonchev–Trinajstić information content (AvgIpc) is 3.07. The number of aromatic nitrogens is 2. The Morgan fingerprint density at radius 1 is 1.21 bits per heavy atom. The molecule has 1 N–H and O–H groups in total. The molecule has 1 aliphatic heterocycles. The zero-order valence-corrected chi connectivity index (χ0v) is 21.3. The molecule has 2 unspecified atom stereocenters. The first-order valence-corrected chi connectivity index (χ1v) is 14.3. The van der Waals surface area contributed by atoms with E-state index in [1.54, 1.807) is 4.31 Å². The van der Waals surface area contributed by atoms with Crippen LogP contribution in [0.2, 0.25) is 0 Å². The van der Waals surface area contributed by atoms with Gasteiger partial charge in [-0.1, -0.05) is 51.7 Å². The fourth-order valence-electron chi connectivity index (χ4n) is 6.47. The van der Waals surface area contributed by atoms with E-state index in [1.165, 1.54) is 25.7 Å². The molecule has 34 heavy (non-hydrogen) atoms. The summed E-state index contributed by atoms with van der Waals surface area (Å²) in [5.41, 5.74) is 2.57. The van der Waals surface area contributed by atoms with Gasteiger partial charge in [-0.3, -0.25) is 9.48 Å². The fourth-order valence-corrected chi connectivity index (χ4v) is 8.84. The SMILES string of the molecule is Cc1ccc2c(CC(=O)O)nn([C@H]3CN(S(=O)(=O)C4CC4C(C)C)C[C@H]3CC3CCCC3)c2c1. The van der Waals surface area contributed by atoms with Crippen molar-refractivity contribution >= 4 is 26.9 Å². The van der Waals surface area contributed by atoms with Crippen molar-refractivity contribution < 1.29 is 18.3 Å². The molecule has 3 fully saturated rings. The number of benzene rings is 1. The lowest BCUT2D eigenvalue weighted by molar-refractivity contribution is -0.136. The predicted octanol–water partition coefficient (Wildman–Crippen LogP) is 4.40. The van der Waals surface area contributed by atoms with Gasteiger partial charge in [0.25, 0.3) is 0 Å². The van der Waals surface area contributed by atoms with Crippen LogP contribution in [0.3, 0.4) is 0 Å². The van der Waals surface area contributed by atoms with Crippen LogP contribution < -0.4 is 0 Å². The van der Waals surface area contributed by atoms with Gasteiger partial charge in [0.15, 0.2) is 0 Å². The molecule has 0 radical (unpaired) electrons. The summed E-state index contributed by atoms with van der Waals surface area (Å²) in [7, 11) is -3.34. The molecule has 4 atom stereocenters. The van der Waals surface area contributed by atoms with Gasteiger partial charge >= 0.3 is 5.97 Å². The third kappa shape index (κ3) is 4.39. The van der Waals surface area contributed by atoms with Gasteiger partial charge in [0.2, 0.25) is 10.0 Å². The van der Waals surface area contributed by atoms with E-state index in [2.05, 4.69) is 19.9 Å². The summed E-state index contributed by atoms with van der Waals surface area (Å²) < 4.78 is 30.8. The second-order valence-corrected chi connectivity index (χ2v) is 13.4. The molecular weight excluding hydrogens is 450 g/mol. The van der Waals surface area contributed by atoms with Gasteiger partial charge in [0.1, 0.15) is 0 Å². The first kappa shape index (κ1) is 23.8. The number of carboxylic acid groups (broad SMARTS) is 1. The summed E-state index contributed by atoms with van der Waals surface area (Å²) in [4.78, 5) is 11.5. The number of hydrogen-bond donors (Lipinski definition) is 1. The molecule has 8 heteroatoms. The molecule has 186 valence electrons. The van der Waals surface area contributed by atoms with E-state index in [0.717, 1.165) is 29.3 Å². The van der Waals surface area contributed by atoms with E-state index >= 15 is 0 Å². The summed E-state index contributed by atoms with van der Waals surface area (Å²) in [5, 5.41) is 14.9. The number of sulfonamides is 1. The van der Waals surface area contributed by atoms with Crippen molar-refractivity contribution in [2.75, 3.05) is 13.1 Å². The Kier molecular flexibility index (Phi) is 6.25. The minimum atomic E-state index is -3.34. The Morgan fingerprint density at radius 2 is 1.94 bits per heavy atom. The minimum absolute atomic E-state index is 0.0709. The molecule has 2 saturated carbocycles. The van der Waals surface area contributed by atoms with Crippen LogP contribution in [0, 0.1) is 30.6 Å². The van der Waals surface area contributed by atoms with Crippen molar-refractivity contribution in [3.8, 4) is 0 Å². The highest BCUT2D eigenvalue weighted by molar-refractivity contribution is 7.90. The predicted molar refractivity (Wildman–Crippen MR) is 132 cm³/mol. The highest BCUT2D eigenvalue weighted by Crippen LogP contribution is 2.47. The first-order valence-electron chi connectivity index (χ1n) is 12.8. The summed E-state index contributed by atoms with van der Waals surface area (Å²) in [5.74, 6) is 0.562. The summed E-state index contributed by atoms with van der Waals surface area (Å²) >= 11 is 0. The number of carbonyl (C=O) groups is 1. The third-order valence-electron chi connectivity index (χ3n) is 8.43. The van der Waals surface area contributed by atoms with Gasteiger partial charge in [-0.05, 0) is 55.1 Å². The number of nitrogens with zero attached hydrogens (tertiary/aromatic N) is 3. The summed E-state index contributed by atoms with van der Waals surface area (Å²) in [6.07, 6.45) is 6.60. The second-order valence-electron chi connectivity index (χ2n) is 11.2. The highest BCUT2D eigenvalue weighted by Gasteiger charge is 2.53. The molecule has 5 rings (SSSR count). The van der Waals surface area contributed by atoms with E-state index in [0.29, 0.717) is 30.6 Å². The lowest BCUT2D eigenvalue weighted by atomic mass is 9.90. The van der Waals surface area contributed by atoms with Gasteiger partial charge in [0.05, 0.1) is 28.9 Å². The number of rotatable bonds is 8.